The summed E-state index contributed by atoms with van der Waals surface area (Å²) in [5.41, 5.74) is 2.69. The van der Waals surface area contributed by atoms with Crippen LogP contribution in [0.2, 0.25) is 0 Å². The number of anilines is 1. The first-order chi connectivity index (χ1) is 15.4. The van der Waals surface area contributed by atoms with E-state index >= 15 is 0 Å². The van der Waals surface area contributed by atoms with E-state index in [1.807, 2.05) is 44.2 Å². The maximum atomic E-state index is 13.7. The van der Waals surface area contributed by atoms with Gasteiger partial charge in [-0.25, -0.2) is 8.42 Å². The zero-order valence-corrected chi connectivity index (χ0v) is 20.0. The van der Waals surface area contributed by atoms with Gasteiger partial charge in [-0.05, 0) is 67.2 Å². The zero-order valence-electron chi connectivity index (χ0n) is 19.2. The fraction of sp³-hybridized carbons (Fsp3) is 0.462. The van der Waals surface area contributed by atoms with Crippen LogP contribution in [0, 0.1) is 11.8 Å². The van der Waals surface area contributed by atoms with E-state index in [4.69, 9.17) is 9.47 Å². The van der Waals surface area contributed by atoms with Crippen LogP contribution in [0.15, 0.2) is 53.4 Å². The molecule has 2 heterocycles. The second-order valence-electron chi connectivity index (χ2n) is 9.04. The highest BCUT2D eigenvalue weighted by Gasteiger charge is 2.29. The topological polar surface area (TPSA) is 55.8 Å². The lowest BCUT2D eigenvalue weighted by Gasteiger charge is -2.31. The monoisotopic (exact) mass is 455 g/mol. The number of aryl methyl sites for hydroxylation is 1. The normalized spacial score (nSPS) is 18.9. The van der Waals surface area contributed by atoms with Gasteiger partial charge in [-0.3, -0.25) is 4.31 Å². The minimum absolute atomic E-state index is 0.0170. The number of hydrogen-bond donors (Lipinski definition) is 0. The molecular weight excluding hydrogens is 422 g/mol. The highest BCUT2D eigenvalue weighted by atomic mass is 32.2. The molecule has 0 radical (unpaired) electrons. The van der Waals surface area contributed by atoms with Gasteiger partial charge in [-0.2, -0.15) is 0 Å². The molecule has 4 rings (SSSR count). The lowest BCUT2D eigenvalue weighted by Crippen LogP contribution is -2.34. The van der Waals surface area contributed by atoms with E-state index in [0.717, 1.165) is 43.8 Å². The maximum Gasteiger partial charge on any atom is 0.264 e. The Labute approximate surface area is 192 Å². The van der Waals surface area contributed by atoms with E-state index in [1.54, 1.807) is 18.2 Å². The maximum absolute atomic E-state index is 13.7. The third kappa shape index (κ3) is 4.86. The summed E-state index contributed by atoms with van der Waals surface area (Å²) in [6.07, 6.45) is 6.97. The molecule has 2 aromatic carbocycles. The number of nitrogens with zero attached hydrogens (tertiary/aromatic N) is 1. The van der Waals surface area contributed by atoms with Crippen molar-refractivity contribution >= 4 is 21.8 Å². The smallest absolute Gasteiger partial charge is 0.264 e. The Kier molecular flexibility index (Phi) is 6.91. The van der Waals surface area contributed by atoms with Gasteiger partial charge in [0.15, 0.2) is 0 Å². The molecule has 172 valence electrons. The molecule has 0 amide bonds. The Morgan fingerprint density at radius 1 is 1.06 bits per heavy atom. The second-order valence-corrected chi connectivity index (χ2v) is 10.9. The molecule has 1 saturated heterocycles. The summed E-state index contributed by atoms with van der Waals surface area (Å²) in [5.74, 6) is 1.37. The molecular formula is C26H33NO4S. The minimum atomic E-state index is -3.71. The molecule has 0 aromatic heterocycles. The molecule has 5 nitrogen and oxygen atoms in total. The van der Waals surface area contributed by atoms with Crippen LogP contribution < -0.4 is 9.04 Å². The van der Waals surface area contributed by atoms with Crippen molar-refractivity contribution in [1.82, 2.24) is 0 Å². The molecule has 0 spiro atoms. The van der Waals surface area contributed by atoms with Crippen LogP contribution in [-0.4, -0.2) is 34.3 Å². The summed E-state index contributed by atoms with van der Waals surface area (Å²) in [6.45, 7) is 8.11. The Hall–Kier alpha value is -2.31. The number of benzene rings is 2. The van der Waals surface area contributed by atoms with Gasteiger partial charge in [-0.15, -0.1) is 0 Å². The van der Waals surface area contributed by atoms with Crippen LogP contribution in [0.3, 0.4) is 0 Å². The Morgan fingerprint density at radius 3 is 2.44 bits per heavy atom. The van der Waals surface area contributed by atoms with E-state index < -0.39 is 10.0 Å². The van der Waals surface area contributed by atoms with E-state index in [9.17, 15) is 8.42 Å². The predicted octanol–water partition coefficient (Wildman–Crippen LogP) is 5.30. The van der Waals surface area contributed by atoms with E-state index in [-0.39, 0.29) is 16.9 Å². The number of ether oxygens (including phenoxy) is 2. The fourth-order valence-electron chi connectivity index (χ4n) is 4.31. The summed E-state index contributed by atoms with van der Waals surface area (Å²) < 4.78 is 40.5. The molecule has 32 heavy (non-hydrogen) atoms. The average Bonchev–Trinajstić information content (AvgIpc) is 2.82. The van der Waals surface area contributed by atoms with Crippen molar-refractivity contribution in [2.24, 2.45) is 11.8 Å². The third-order valence-electron chi connectivity index (χ3n) is 6.19. The van der Waals surface area contributed by atoms with E-state index in [1.165, 1.54) is 9.87 Å². The summed E-state index contributed by atoms with van der Waals surface area (Å²) >= 11 is 0. The van der Waals surface area contributed by atoms with Crippen molar-refractivity contribution in [2.75, 3.05) is 24.1 Å². The molecule has 1 atom stereocenters. The largest absolute Gasteiger partial charge is 0.485 e. The van der Waals surface area contributed by atoms with Crippen LogP contribution in [0.4, 0.5) is 5.69 Å². The lowest BCUT2D eigenvalue weighted by atomic mass is 9.92. The molecule has 6 heteroatoms. The SMILES string of the molecule is CCc1ccc(N(CC(C)C)S(=O)(=O)c2ccc3c(c2)C=CC(C2CCOCC2)O3)cc1. The standard InChI is InChI=1S/C26H33NO4S/c1-4-20-5-8-23(9-6-20)27(18-19(2)3)32(28,29)24-10-12-26-22(17-24)7-11-25(31-26)21-13-15-30-16-14-21/h5-12,17,19,21,25H,4,13-16,18H2,1-3H3. The van der Waals surface area contributed by atoms with Gasteiger partial charge in [0.2, 0.25) is 0 Å². The average molecular weight is 456 g/mol. The first kappa shape index (κ1) is 22.9. The first-order valence-corrected chi connectivity index (χ1v) is 13.0. The van der Waals surface area contributed by atoms with Crippen LogP contribution >= 0.6 is 0 Å². The molecule has 0 aliphatic carbocycles. The number of sulfonamides is 1. The van der Waals surface area contributed by atoms with E-state index in [2.05, 4.69) is 13.0 Å². The Morgan fingerprint density at radius 2 is 1.78 bits per heavy atom. The van der Waals surface area contributed by atoms with Crippen LogP contribution in [0.25, 0.3) is 6.08 Å². The van der Waals surface area contributed by atoms with Crippen LogP contribution in [0.1, 0.15) is 44.7 Å². The molecule has 0 bridgehead atoms. The van der Waals surface area contributed by atoms with Crippen LogP contribution in [0.5, 0.6) is 5.75 Å². The Bertz CT molecular complexity index is 1050. The first-order valence-electron chi connectivity index (χ1n) is 11.6. The molecule has 0 saturated carbocycles. The molecule has 2 aromatic rings. The third-order valence-corrected chi connectivity index (χ3v) is 7.98. The van der Waals surface area contributed by atoms with E-state index in [0.29, 0.717) is 18.2 Å². The van der Waals surface area contributed by atoms with Crippen molar-refractivity contribution < 1.29 is 17.9 Å². The highest BCUT2D eigenvalue weighted by molar-refractivity contribution is 7.92. The van der Waals surface area contributed by atoms with Gasteiger partial charge < -0.3 is 9.47 Å². The summed E-state index contributed by atoms with van der Waals surface area (Å²) in [6, 6.07) is 13.0. The van der Waals surface area contributed by atoms with Crippen molar-refractivity contribution in [1.29, 1.82) is 0 Å². The quantitative estimate of drug-likeness (QED) is 0.568. The summed E-state index contributed by atoms with van der Waals surface area (Å²) in [7, 11) is -3.71. The number of fused-ring (bicyclic) bond motifs is 1. The van der Waals surface area contributed by atoms with Gasteiger partial charge in [-0.1, -0.05) is 39.0 Å². The number of hydrogen-bond acceptors (Lipinski definition) is 4. The highest BCUT2D eigenvalue weighted by Crippen LogP contribution is 2.34. The molecule has 0 N–H and O–H groups in total. The van der Waals surface area contributed by atoms with Crippen molar-refractivity contribution in [3.05, 3.63) is 59.7 Å². The van der Waals surface area contributed by atoms with Gasteiger partial charge in [0, 0.05) is 31.2 Å². The second kappa shape index (κ2) is 9.67. The Balaban J connectivity index is 1.61. The van der Waals surface area contributed by atoms with Gasteiger partial charge in [0.1, 0.15) is 11.9 Å². The van der Waals surface area contributed by atoms with Gasteiger partial charge >= 0.3 is 0 Å². The van der Waals surface area contributed by atoms with Crippen molar-refractivity contribution in [3.8, 4) is 5.75 Å². The van der Waals surface area contributed by atoms with Gasteiger partial charge in [0.25, 0.3) is 10.0 Å². The molecule has 2 aliphatic heterocycles. The molecule has 2 aliphatic rings. The summed E-state index contributed by atoms with van der Waals surface area (Å²) in [5, 5.41) is 0. The minimum Gasteiger partial charge on any atom is -0.485 e. The molecule has 1 fully saturated rings. The number of rotatable bonds is 7. The molecule has 1 unspecified atom stereocenters. The fourth-order valence-corrected chi connectivity index (χ4v) is 5.97. The predicted molar refractivity (Wildman–Crippen MR) is 129 cm³/mol. The zero-order chi connectivity index (χ0) is 22.7. The van der Waals surface area contributed by atoms with Crippen LogP contribution in [-0.2, 0) is 21.2 Å². The van der Waals surface area contributed by atoms with Gasteiger partial charge in [0.05, 0.1) is 10.6 Å². The van der Waals surface area contributed by atoms with Crippen molar-refractivity contribution in [3.63, 3.8) is 0 Å². The lowest BCUT2D eigenvalue weighted by molar-refractivity contribution is 0.0315. The van der Waals surface area contributed by atoms with Crippen molar-refractivity contribution in [2.45, 2.75) is 51.0 Å². The summed E-state index contributed by atoms with van der Waals surface area (Å²) in [4.78, 5) is 0.286.